The van der Waals surface area contributed by atoms with Crippen LogP contribution in [0.1, 0.15) is 13.3 Å². The standard InChI is InChI=1S/C22H39BN2O14/c1-7(28)25-12(20(35)24-3-2-23)19-18(9(29)5-26)38-21-8(13(30)15(32)11(6-27)37-21)4-10-14(31)16(33)17(34)22(36-10)39-19/h8-19,21-22,26-27,29-34H,2-6,23H2,1H3,(H,24,35)(H,25,28)/t8-,9-,10+,11-,12-,13-,14-,15+,16-,17+,18-,19-,21+,22+/m1/s1. The molecule has 0 saturated carbocycles. The molecule has 2 amide bonds. The number of amides is 2. The second kappa shape index (κ2) is 13.9. The number of ether oxygens (including phenoxy) is 4. The van der Waals surface area contributed by atoms with Gasteiger partial charge in [0.25, 0.3) is 0 Å². The normalized spacial score (nSPS) is 42.5. The second-order valence-corrected chi connectivity index (χ2v) is 10.0. The maximum absolute atomic E-state index is 13.2. The third-order valence-electron chi connectivity index (χ3n) is 7.17. The van der Waals surface area contributed by atoms with Gasteiger partial charge in [-0.25, -0.2) is 0 Å². The van der Waals surface area contributed by atoms with Gasteiger partial charge in [-0.15, -0.1) is 0 Å². The summed E-state index contributed by atoms with van der Waals surface area (Å²) in [4.78, 5) is 25.3. The Labute approximate surface area is 225 Å². The SMILES string of the molecule is BCCNC(=O)[C@H](NC(C)=O)[C@H]1O[C@@H]2O[C@@H](C[C@H]3[C@H](O[C@@H]1[C@H](O)CO)O[C@H](CO)[C@H](O)[C@@H]3O)[C@@H](O)[C@@H](O)[C@@H]2O. The van der Waals surface area contributed by atoms with E-state index in [1.807, 2.05) is 0 Å². The van der Waals surface area contributed by atoms with Crippen molar-refractivity contribution in [1.29, 1.82) is 0 Å². The Morgan fingerprint density at radius 3 is 2.15 bits per heavy atom. The molecule has 0 aromatic rings. The van der Waals surface area contributed by atoms with Crippen LogP contribution in [0.2, 0.25) is 6.32 Å². The van der Waals surface area contributed by atoms with Gasteiger partial charge >= 0.3 is 0 Å². The van der Waals surface area contributed by atoms with Crippen molar-refractivity contribution < 1.29 is 69.4 Å². The van der Waals surface area contributed by atoms with Gasteiger partial charge in [0.2, 0.25) is 11.8 Å². The van der Waals surface area contributed by atoms with Crippen LogP contribution in [0.3, 0.4) is 0 Å². The third-order valence-corrected chi connectivity index (χ3v) is 7.17. The number of aliphatic hydroxyl groups excluding tert-OH is 8. The van der Waals surface area contributed by atoms with Gasteiger partial charge in [0.1, 0.15) is 62.7 Å². The average molecular weight is 566 g/mol. The molecule has 3 aliphatic heterocycles. The van der Waals surface area contributed by atoms with Crippen LogP contribution in [-0.2, 0) is 28.5 Å². The van der Waals surface area contributed by atoms with Crippen LogP contribution in [0, 0.1) is 5.92 Å². The number of carbonyl (C=O) groups excluding carboxylic acids is 2. The number of carbonyl (C=O) groups is 2. The summed E-state index contributed by atoms with van der Waals surface area (Å²) in [5, 5.41) is 88.4. The molecule has 2 bridgehead atoms. The summed E-state index contributed by atoms with van der Waals surface area (Å²) in [6.45, 7) is -0.356. The van der Waals surface area contributed by atoms with Crippen molar-refractivity contribution >= 4 is 19.7 Å². The van der Waals surface area contributed by atoms with Crippen molar-refractivity contribution in [2.24, 2.45) is 5.92 Å². The molecular weight excluding hydrogens is 527 g/mol. The van der Waals surface area contributed by atoms with Crippen LogP contribution in [0.25, 0.3) is 0 Å². The van der Waals surface area contributed by atoms with Crippen molar-refractivity contribution in [2.75, 3.05) is 19.8 Å². The summed E-state index contributed by atoms with van der Waals surface area (Å²) in [5.41, 5.74) is 0. The lowest BCUT2D eigenvalue weighted by molar-refractivity contribution is -0.362. The maximum Gasteiger partial charge on any atom is 0.245 e. The Bertz CT molecular complexity index is 828. The summed E-state index contributed by atoms with van der Waals surface area (Å²) < 4.78 is 23.2. The predicted molar refractivity (Wildman–Crippen MR) is 129 cm³/mol. The minimum absolute atomic E-state index is 0.196. The quantitative estimate of drug-likeness (QED) is 0.123. The smallest absolute Gasteiger partial charge is 0.245 e. The Morgan fingerprint density at radius 1 is 0.897 bits per heavy atom. The minimum Gasteiger partial charge on any atom is -0.394 e. The Hall–Kier alpha value is -1.48. The summed E-state index contributed by atoms with van der Waals surface area (Å²) >= 11 is 0. The van der Waals surface area contributed by atoms with Gasteiger partial charge in [-0.3, -0.25) is 9.59 Å². The minimum atomic E-state index is -1.87. The van der Waals surface area contributed by atoms with E-state index >= 15 is 0 Å². The van der Waals surface area contributed by atoms with Gasteiger partial charge in [0, 0.05) is 19.4 Å². The molecule has 3 heterocycles. The molecule has 10 N–H and O–H groups in total. The first kappa shape index (κ1) is 32.0. The summed E-state index contributed by atoms with van der Waals surface area (Å²) in [6, 6.07) is -1.61. The zero-order valence-corrected chi connectivity index (χ0v) is 21.6. The Balaban J connectivity index is 2.12. The molecule has 0 unspecified atom stereocenters. The fraction of sp³-hybridized carbons (Fsp3) is 0.909. The molecule has 3 fully saturated rings. The highest BCUT2D eigenvalue weighted by Gasteiger charge is 2.54. The lowest BCUT2D eigenvalue weighted by atomic mass is 9.83. The van der Waals surface area contributed by atoms with Gasteiger partial charge < -0.3 is 70.4 Å². The van der Waals surface area contributed by atoms with E-state index in [1.165, 1.54) is 0 Å². The number of fused-ring (bicyclic) bond motifs is 3. The monoisotopic (exact) mass is 566 g/mol. The fourth-order valence-electron chi connectivity index (χ4n) is 5.03. The van der Waals surface area contributed by atoms with E-state index in [1.54, 1.807) is 7.85 Å². The third kappa shape index (κ3) is 7.06. The van der Waals surface area contributed by atoms with Crippen molar-refractivity contribution in [3.63, 3.8) is 0 Å². The topological polar surface area (TPSA) is 257 Å². The highest BCUT2D eigenvalue weighted by Crippen LogP contribution is 2.37. The maximum atomic E-state index is 13.2. The molecule has 39 heavy (non-hydrogen) atoms. The first-order valence-electron chi connectivity index (χ1n) is 12.9. The van der Waals surface area contributed by atoms with E-state index in [2.05, 4.69) is 10.6 Å². The summed E-state index contributed by atoms with van der Waals surface area (Å²) in [7, 11) is 1.78. The van der Waals surface area contributed by atoms with Crippen molar-refractivity contribution in [3.8, 4) is 0 Å². The first-order valence-corrected chi connectivity index (χ1v) is 12.9. The lowest BCUT2D eigenvalue weighted by Gasteiger charge is -2.50. The van der Waals surface area contributed by atoms with E-state index in [9.17, 15) is 50.4 Å². The molecule has 0 spiro atoms. The first-order chi connectivity index (χ1) is 18.4. The zero-order valence-electron chi connectivity index (χ0n) is 21.6. The van der Waals surface area contributed by atoms with Crippen molar-refractivity contribution in [2.45, 2.75) is 99.3 Å². The molecule has 3 saturated heterocycles. The van der Waals surface area contributed by atoms with Crippen LogP contribution in [-0.4, -0.2) is 160 Å². The van der Waals surface area contributed by atoms with Crippen molar-refractivity contribution in [1.82, 2.24) is 10.6 Å². The summed E-state index contributed by atoms with van der Waals surface area (Å²) in [5.74, 6) is -2.67. The molecule has 0 aromatic heterocycles. The van der Waals surface area contributed by atoms with Gasteiger partial charge in [0.15, 0.2) is 12.6 Å². The molecule has 16 nitrogen and oxygen atoms in total. The predicted octanol–water partition coefficient (Wildman–Crippen LogP) is -6.95. The summed E-state index contributed by atoms with van der Waals surface area (Å²) in [6.07, 6.45) is -19.5. The van der Waals surface area contributed by atoms with E-state index in [0.29, 0.717) is 6.32 Å². The van der Waals surface area contributed by atoms with E-state index < -0.39 is 111 Å². The second-order valence-electron chi connectivity index (χ2n) is 10.0. The molecule has 3 rings (SSSR count). The number of nitrogens with one attached hydrogen (secondary N) is 2. The average Bonchev–Trinajstić information content (AvgIpc) is 2.91. The number of hydrogen-bond acceptors (Lipinski definition) is 14. The molecular formula is C22H39BN2O14. The molecule has 0 aliphatic carbocycles. The number of rotatable bonds is 8. The molecule has 14 atom stereocenters. The van der Waals surface area contributed by atoms with Gasteiger partial charge in [-0.05, 0) is 6.42 Å². The van der Waals surface area contributed by atoms with Crippen LogP contribution >= 0.6 is 0 Å². The molecule has 3 aliphatic rings. The number of aliphatic hydroxyl groups is 8. The van der Waals surface area contributed by atoms with Crippen LogP contribution in [0.15, 0.2) is 0 Å². The highest BCUT2D eigenvalue weighted by atomic mass is 16.7. The fourth-order valence-corrected chi connectivity index (χ4v) is 5.03. The van der Waals surface area contributed by atoms with Crippen molar-refractivity contribution in [3.05, 3.63) is 0 Å². The molecule has 224 valence electrons. The van der Waals surface area contributed by atoms with Crippen LogP contribution in [0.4, 0.5) is 0 Å². The largest absolute Gasteiger partial charge is 0.394 e. The van der Waals surface area contributed by atoms with E-state index in [-0.39, 0.29) is 13.0 Å². The Morgan fingerprint density at radius 2 is 1.56 bits per heavy atom. The lowest BCUT2D eigenvalue weighted by Crippen LogP contribution is -2.67. The van der Waals surface area contributed by atoms with E-state index in [0.717, 1.165) is 6.92 Å². The van der Waals surface area contributed by atoms with Gasteiger partial charge in [0.05, 0.1) is 25.4 Å². The Kier molecular flexibility index (Phi) is 11.4. The molecule has 17 heteroatoms. The highest BCUT2D eigenvalue weighted by molar-refractivity contribution is 6.08. The van der Waals surface area contributed by atoms with Gasteiger partial charge in [-0.1, -0.05) is 6.32 Å². The van der Waals surface area contributed by atoms with Crippen LogP contribution < -0.4 is 10.6 Å². The molecule has 0 aromatic carbocycles. The zero-order chi connectivity index (χ0) is 29.0. The van der Waals surface area contributed by atoms with Gasteiger partial charge in [-0.2, -0.15) is 0 Å². The van der Waals surface area contributed by atoms with E-state index in [4.69, 9.17) is 18.9 Å². The number of hydrogen-bond donors (Lipinski definition) is 10. The molecule has 0 radical (unpaired) electrons. The van der Waals surface area contributed by atoms with Crippen LogP contribution in [0.5, 0.6) is 0 Å².